The fourth-order valence-corrected chi connectivity index (χ4v) is 2.51. The summed E-state index contributed by atoms with van der Waals surface area (Å²) >= 11 is 0. The van der Waals surface area contributed by atoms with Gasteiger partial charge in [0.25, 0.3) is 5.91 Å². The molecule has 1 heterocycles. The lowest BCUT2D eigenvalue weighted by molar-refractivity contribution is 0.0697. The van der Waals surface area contributed by atoms with Crippen LogP contribution in [0.2, 0.25) is 0 Å². The van der Waals surface area contributed by atoms with E-state index in [1.54, 1.807) is 42.7 Å². The number of hydrogen-bond acceptors (Lipinski definition) is 3. The van der Waals surface area contributed by atoms with E-state index in [1.165, 1.54) is 0 Å². The average molecular weight is 332 g/mol. The number of hydrogen-bond donors (Lipinski definition) is 2. The van der Waals surface area contributed by atoms with Gasteiger partial charge >= 0.3 is 5.97 Å². The Balaban J connectivity index is 1.71. The fraction of sp³-hybridized carbons (Fsp3) is 0.0500. The number of aromatic carboxylic acids is 1. The molecule has 2 N–H and O–H groups in total. The lowest BCUT2D eigenvalue weighted by Gasteiger charge is -2.08. The molecule has 1 amide bonds. The van der Waals surface area contributed by atoms with Crippen molar-refractivity contribution in [2.45, 2.75) is 6.54 Å². The molecule has 0 spiro atoms. The number of rotatable bonds is 5. The van der Waals surface area contributed by atoms with E-state index >= 15 is 0 Å². The van der Waals surface area contributed by atoms with Crippen molar-refractivity contribution in [3.63, 3.8) is 0 Å². The van der Waals surface area contributed by atoms with E-state index in [4.69, 9.17) is 0 Å². The van der Waals surface area contributed by atoms with Crippen molar-refractivity contribution in [1.29, 1.82) is 0 Å². The van der Waals surface area contributed by atoms with Crippen molar-refractivity contribution >= 4 is 11.9 Å². The Bertz CT molecular complexity index is 890. The Hall–Kier alpha value is -3.47. The third kappa shape index (κ3) is 3.90. The first kappa shape index (κ1) is 16.4. The Kier molecular flexibility index (Phi) is 4.85. The molecule has 0 saturated carbocycles. The third-order valence-corrected chi connectivity index (χ3v) is 3.82. The highest BCUT2D eigenvalue weighted by molar-refractivity contribution is 5.96. The first-order valence-corrected chi connectivity index (χ1v) is 7.75. The van der Waals surface area contributed by atoms with Crippen molar-refractivity contribution in [3.8, 4) is 11.1 Å². The summed E-state index contributed by atoms with van der Waals surface area (Å²) in [6, 6.07) is 17.7. The highest BCUT2D eigenvalue weighted by atomic mass is 16.4. The van der Waals surface area contributed by atoms with Gasteiger partial charge in [-0.15, -0.1) is 0 Å². The largest absolute Gasteiger partial charge is 0.478 e. The minimum atomic E-state index is -0.954. The highest BCUT2D eigenvalue weighted by Gasteiger charge is 2.10. The lowest BCUT2D eigenvalue weighted by atomic mass is 9.99. The normalized spacial score (nSPS) is 10.2. The van der Waals surface area contributed by atoms with E-state index < -0.39 is 5.97 Å². The zero-order chi connectivity index (χ0) is 17.6. The molecule has 1 aromatic heterocycles. The van der Waals surface area contributed by atoms with Gasteiger partial charge in [0.2, 0.25) is 0 Å². The second-order valence-corrected chi connectivity index (χ2v) is 5.47. The highest BCUT2D eigenvalue weighted by Crippen LogP contribution is 2.24. The summed E-state index contributed by atoms with van der Waals surface area (Å²) in [7, 11) is 0. The van der Waals surface area contributed by atoms with E-state index in [-0.39, 0.29) is 11.5 Å². The number of carboxylic acid groups (broad SMARTS) is 1. The Morgan fingerprint density at radius 1 is 0.920 bits per heavy atom. The summed E-state index contributed by atoms with van der Waals surface area (Å²) in [6.45, 7) is 0.391. The predicted octanol–water partition coefficient (Wildman–Crippen LogP) is 3.38. The summed E-state index contributed by atoms with van der Waals surface area (Å²) in [4.78, 5) is 27.2. The van der Waals surface area contributed by atoms with E-state index in [2.05, 4.69) is 10.3 Å². The van der Waals surface area contributed by atoms with Gasteiger partial charge in [0.1, 0.15) is 0 Å². The monoisotopic (exact) mass is 332 g/mol. The van der Waals surface area contributed by atoms with Crippen LogP contribution in [0.3, 0.4) is 0 Å². The van der Waals surface area contributed by atoms with Gasteiger partial charge in [0.15, 0.2) is 0 Å². The Morgan fingerprint density at radius 3 is 2.28 bits per heavy atom. The van der Waals surface area contributed by atoms with Gasteiger partial charge in [-0.3, -0.25) is 9.78 Å². The van der Waals surface area contributed by atoms with Crippen molar-refractivity contribution in [1.82, 2.24) is 10.3 Å². The van der Waals surface area contributed by atoms with Crippen LogP contribution in [-0.4, -0.2) is 22.0 Å². The van der Waals surface area contributed by atoms with Crippen molar-refractivity contribution in [2.75, 3.05) is 0 Å². The molecule has 3 aromatic rings. The van der Waals surface area contributed by atoms with Crippen LogP contribution in [0.5, 0.6) is 0 Å². The van der Waals surface area contributed by atoms with E-state index in [9.17, 15) is 14.7 Å². The number of nitrogens with zero attached hydrogens (tertiary/aromatic N) is 1. The standard InChI is InChI=1S/C20H16N2O3/c23-19(16-9-11-21-12-10-16)22-13-14-5-7-15(8-6-14)17-3-1-2-4-18(17)20(24)25/h1-12H,13H2,(H,22,23)(H,24,25). The second kappa shape index (κ2) is 7.40. The van der Waals surface area contributed by atoms with Crippen LogP contribution < -0.4 is 5.32 Å². The van der Waals surface area contributed by atoms with Gasteiger partial charge in [-0.1, -0.05) is 42.5 Å². The Labute approximate surface area is 145 Å². The SMILES string of the molecule is O=C(NCc1ccc(-c2ccccc2C(=O)O)cc1)c1ccncc1. The maximum absolute atomic E-state index is 12.0. The van der Waals surface area contributed by atoms with Crippen LogP contribution in [0.15, 0.2) is 73.1 Å². The van der Waals surface area contributed by atoms with Crippen molar-refractivity contribution < 1.29 is 14.7 Å². The molecular formula is C20H16N2O3. The topological polar surface area (TPSA) is 79.3 Å². The molecule has 0 fully saturated rings. The van der Waals surface area contributed by atoms with E-state index in [1.807, 2.05) is 30.3 Å². The van der Waals surface area contributed by atoms with E-state index in [0.29, 0.717) is 17.7 Å². The first-order valence-electron chi connectivity index (χ1n) is 7.75. The number of carboxylic acids is 1. The van der Waals surface area contributed by atoms with Gasteiger partial charge in [0, 0.05) is 24.5 Å². The molecule has 0 aliphatic heterocycles. The van der Waals surface area contributed by atoms with Gasteiger partial charge in [-0.25, -0.2) is 4.79 Å². The number of aromatic nitrogens is 1. The number of carbonyl (C=O) groups is 2. The molecule has 0 aliphatic rings. The summed E-state index contributed by atoms with van der Waals surface area (Å²) in [5, 5.41) is 12.1. The van der Waals surface area contributed by atoms with Crippen molar-refractivity contribution in [2.24, 2.45) is 0 Å². The maximum Gasteiger partial charge on any atom is 0.336 e. The molecule has 25 heavy (non-hydrogen) atoms. The van der Waals surface area contributed by atoms with Gasteiger partial charge < -0.3 is 10.4 Å². The lowest BCUT2D eigenvalue weighted by Crippen LogP contribution is -2.22. The molecule has 124 valence electrons. The van der Waals surface area contributed by atoms with Gasteiger partial charge in [-0.2, -0.15) is 0 Å². The molecule has 0 unspecified atom stereocenters. The Morgan fingerprint density at radius 2 is 1.60 bits per heavy atom. The van der Waals surface area contributed by atoms with Gasteiger partial charge in [-0.05, 0) is 34.9 Å². The van der Waals surface area contributed by atoms with Crippen molar-refractivity contribution in [3.05, 3.63) is 89.7 Å². The third-order valence-electron chi connectivity index (χ3n) is 3.82. The molecular weight excluding hydrogens is 316 g/mol. The molecule has 2 aromatic carbocycles. The number of amides is 1. The molecule has 5 nitrogen and oxygen atoms in total. The molecule has 0 radical (unpaired) electrons. The number of nitrogens with one attached hydrogen (secondary N) is 1. The zero-order valence-corrected chi connectivity index (χ0v) is 13.3. The summed E-state index contributed by atoms with van der Waals surface area (Å²) in [5.41, 5.74) is 3.24. The second-order valence-electron chi connectivity index (χ2n) is 5.47. The number of benzene rings is 2. The quantitative estimate of drug-likeness (QED) is 0.751. The van der Waals surface area contributed by atoms with Crippen LogP contribution in [-0.2, 0) is 6.54 Å². The molecule has 0 bridgehead atoms. The first-order chi connectivity index (χ1) is 12.1. The maximum atomic E-state index is 12.0. The molecule has 0 atom stereocenters. The van der Waals surface area contributed by atoms with Crippen LogP contribution in [0, 0.1) is 0 Å². The number of pyridine rings is 1. The zero-order valence-electron chi connectivity index (χ0n) is 13.3. The van der Waals surface area contributed by atoms with Crippen LogP contribution >= 0.6 is 0 Å². The van der Waals surface area contributed by atoms with Crippen LogP contribution in [0.25, 0.3) is 11.1 Å². The predicted molar refractivity (Wildman–Crippen MR) is 94.2 cm³/mol. The molecule has 0 saturated heterocycles. The fourth-order valence-electron chi connectivity index (χ4n) is 2.51. The number of carbonyl (C=O) groups excluding carboxylic acids is 1. The average Bonchev–Trinajstić information content (AvgIpc) is 2.67. The van der Waals surface area contributed by atoms with Crippen LogP contribution in [0.1, 0.15) is 26.3 Å². The minimum Gasteiger partial charge on any atom is -0.478 e. The summed E-state index contributed by atoms with van der Waals surface area (Å²) < 4.78 is 0. The molecule has 5 heteroatoms. The summed E-state index contributed by atoms with van der Waals surface area (Å²) in [6.07, 6.45) is 3.15. The van der Waals surface area contributed by atoms with Gasteiger partial charge in [0.05, 0.1) is 5.56 Å². The smallest absolute Gasteiger partial charge is 0.336 e. The van der Waals surface area contributed by atoms with E-state index in [0.717, 1.165) is 11.1 Å². The summed E-state index contributed by atoms with van der Waals surface area (Å²) in [5.74, 6) is -1.12. The molecule has 3 rings (SSSR count). The van der Waals surface area contributed by atoms with Crippen LogP contribution in [0.4, 0.5) is 0 Å². The minimum absolute atomic E-state index is 0.164. The molecule has 0 aliphatic carbocycles.